The van der Waals surface area contributed by atoms with Gasteiger partial charge in [0.2, 0.25) is 0 Å². The molecule has 0 aliphatic heterocycles. The summed E-state index contributed by atoms with van der Waals surface area (Å²) in [6.45, 7) is 3.58. The van der Waals surface area contributed by atoms with Crippen molar-refractivity contribution in [2.75, 3.05) is 5.73 Å². The molecule has 1 aromatic heterocycles. The summed E-state index contributed by atoms with van der Waals surface area (Å²) in [5.74, 6) is 0. The first kappa shape index (κ1) is 13.6. The Morgan fingerprint density at radius 2 is 2.42 bits per heavy atom. The lowest BCUT2D eigenvalue weighted by Gasteiger charge is -2.10. The maximum atomic E-state index is 10.7. The molecule has 1 unspecified atom stereocenters. The van der Waals surface area contributed by atoms with Crippen molar-refractivity contribution < 1.29 is 14.6 Å². The molecule has 2 rings (SSSR count). The van der Waals surface area contributed by atoms with Crippen LogP contribution in [0.1, 0.15) is 17.5 Å². The standard InChI is InChI=1S/C12H11ClN2O3S/c1-2-3-7(18-12(16)17)11-15-10-8(19-11)5-4-6(14)9(10)13/h2,4-5,7H,1,3,14H2,(H,16,17). The van der Waals surface area contributed by atoms with Crippen LogP contribution in [0, 0.1) is 0 Å². The summed E-state index contributed by atoms with van der Waals surface area (Å²) in [5.41, 5.74) is 6.70. The Bertz CT molecular complexity index is 641. The Hall–Kier alpha value is -1.79. The minimum atomic E-state index is -1.35. The quantitative estimate of drug-likeness (QED) is 0.509. The van der Waals surface area contributed by atoms with Gasteiger partial charge in [-0.1, -0.05) is 17.7 Å². The molecule has 1 atom stereocenters. The zero-order chi connectivity index (χ0) is 14.0. The lowest BCUT2D eigenvalue weighted by atomic mass is 10.2. The average molecular weight is 299 g/mol. The van der Waals surface area contributed by atoms with Crippen LogP contribution in [-0.4, -0.2) is 16.2 Å². The molecule has 0 aliphatic carbocycles. The van der Waals surface area contributed by atoms with Gasteiger partial charge in [0.15, 0.2) is 6.10 Å². The Morgan fingerprint density at radius 1 is 1.68 bits per heavy atom. The summed E-state index contributed by atoms with van der Waals surface area (Å²) < 4.78 is 5.63. The summed E-state index contributed by atoms with van der Waals surface area (Å²) in [5, 5.41) is 9.62. The fraction of sp³-hybridized carbons (Fsp3) is 0.167. The number of fused-ring (bicyclic) bond motifs is 1. The molecule has 100 valence electrons. The van der Waals surface area contributed by atoms with Crippen molar-refractivity contribution in [3.05, 3.63) is 34.8 Å². The summed E-state index contributed by atoms with van der Waals surface area (Å²) in [6.07, 6.45) is -0.101. The van der Waals surface area contributed by atoms with Gasteiger partial charge in [0.25, 0.3) is 0 Å². The van der Waals surface area contributed by atoms with Gasteiger partial charge < -0.3 is 15.6 Å². The maximum Gasteiger partial charge on any atom is 0.506 e. The number of halogens is 1. The number of carbonyl (C=O) groups is 1. The highest BCUT2D eigenvalue weighted by atomic mass is 35.5. The lowest BCUT2D eigenvalue weighted by Crippen LogP contribution is -2.08. The van der Waals surface area contributed by atoms with Gasteiger partial charge in [-0.2, -0.15) is 0 Å². The van der Waals surface area contributed by atoms with Crippen LogP contribution in [0.25, 0.3) is 10.2 Å². The molecular weight excluding hydrogens is 288 g/mol. The van der Waals surface area contributed by atoms with Crippen LogP contribution in [0.3, 0.4) is 0 Å². The topological polar surface area (TPSA) is 85.4 Å². The third kappa shape index (κ3) is 2.80. The van der Waals surface area contributed by atoms with Crippen molar-refractivity contribution in [1.82, 2.24) is 4.98 Å². The van der Waals surface area contributed by atoms with E-state index in [2.05, 4.69) is 11.6 Å². The number of nitrogens with zero attached hydrogens (tertiary/aromatic N) is 1. The van der Waals surface area contributed by atoms with E-state index in [0.717, 1.165) is 4.70 Å². The number of aromatic nitrogens is 1. The smallest absolute Gasteiger partial charge is 0.450 e. The number of thiazole rings is 1. The molecule has 3 N–H and O–H groups in total. The van der Waals surface area contributed by atoms with E-state index in [0.29, 0.717) is 27.7 Å². The van der Waals surface area contributed by atoms with Crippen molar-refractivity contribution in [1.29, 1.82) is 0 Å². The minimum absolute atomic E-state index is 0.346. The molecular formula is C12H11ClN2O3S. The van der Waals surface area contributed by atoms with Gasteiger partial charge in [0.1, 0.15) is 10.5 Å². The first-order chi connectivity index (χ1) is 9.02. The SMILES string of the molecule is C=CCC(OC(=O)O)c1nc2c(Cl)c(N)ccc2s1. The average Bonchev–Trinajstić information content (AvgIpc) is 2.77. The van der Waals surface area contributed by atoms with E-state index in [1.807, 2.05) is 0 Å². The Morgan fingerprint density at radius 3 is 3.05 bits per heavy atom. The van der Waals surface area contributed by atoms with Crippen molar-refractivity contribution >= 4 is 45.0 Å². The molecule has 7 heteroatoms. The fourth-order valence-corrected chi connectivity index (χ4v) is 2.89. The van der Waals surface area contributed by atoms with Crippen molar-refractivity contribution in [2.24, 2.45) is 0 Å². The Balaban J connectivity index is 2.45. The van der Waals surface area contributed by atoms with Crippen LogP contribution in [0.4, 0.5) is 10.5 Å². The van der Waals surface area contributed by atoms with E-state index in [4.69, 9.17) is 27.2 Å². The second-order valence-corrected chi connectivity index (χ2v) is 5.20. The molecule has 0 aliphatic rings. The fourth-order valence-electron chi connectivity index (χ4n) is 1.60. The zero-order valence-corrected chi connectivity index (χ0v) is 11.4. The van der Waals surface area contributed by atoms with Crippen LogP contribution < -0.4 is 5.73 Å². The normalized spacial score (nSPS) is 12.3. The van der Waals surface area contributed by atoms with Crippen LogP contribution in [0.5, 0.6) is 0 Å². The van der Waals surface area contributed by atoms with Gasteiger partial charge in [0, 0.05) is 6.42 Å². The van der Waals surface area contributed by atoms with Gasteiger partial charge in [0.05, 0.1) is 15.4 Å². The third-order valence-corrected chi connectivity index (χ3v) is 3.95. The van der Waals surface area contributed by atoms with Gasteiger partial charge in [-0.25, -0.2) is 9.78 Å². The van der Waals surface area contributed by atoms with E-state index in [9.17, 15) is 4.79 Å². The van der Waals surface area contributed by atoms with Gasteiger partial charge in [-0.15, -0.1) is 17.9 Å². The van der Waals surface area contributed by atoms with Crippen molar-refractivity contribution in [3.8, 4) is 0 Å². The minimum Gasteiger partial charge on any atom is -0.450 e. The van der Waals surface area contributed by atoms with Gasteiger partial charge >= 0.3 is 6.16 Å². The predicted molar refractivity (Wildman–Crippen MR) is 75.7 cm³/mol. The van der Waals surface area contributed by atoms with E-state index in [1.165, 1.54) is 11.3 Å². The molecule has 1 heterocycles. The van der Waals surface area contributed by atoms with Crippen LogP contribution in [0.15, 0.2) is 24.8 Å². The second kappa shape index (κ2) is 5.46. The largest absolute Gasteiger partial charge is 0.506 e. The molecule has 0 radical (unpaired) electrons. The Labute approximate surface area is 118 Å². The van der Waals surface area contributed by atoms with Crippen LogP contribution in [0.2, 0.25) is 5.02 Å². The number of hydrogen-bond acceptors (Lipinski definition) is 5. The molecule has 19 heavy (non-hydrogen) atoms. The van der Waals surface area contributed by atoms with E-state index < -0.39 is 12.3 Å². The first-order valence-corrected chi connectivity index (χ1v) is 6.57. The van der Waals surface area contributed by atoms with Crippen LogP contribution >= 0.6 is 22.9 Å². The number of anilines is 1. The van der Waals surface area contributed by atoms with Gasteiger partial charge in [-0.05, 0) is 12.1 Å². The maximum absolute atomic E-state index is 10.7. The summed E-state index contributed by atoms with van der Waals surface area (Å²) in [7, 11) is 0. The molecule has 2 aromatic rings. The first-order valence-electron chi connectivity index (χ1n) is 5.37. The lowest BCUT2D eigenvalue weighted by molar-refractivity contribution is 0.0524. The zero-order valence-electron chi connectivity index (χ0n) is 9.80. The highest BCUT2D eigenvalue weighted by Crippen LogP contribution is 2.36. The molecule has 0 saturated carbocycles. The second-order valence-electron chi connectivity index (χ2n) is 3.76. The molecule has 0 bridgehead atoms. The summed E-state index contributed by atoms with van der Waals surface area (Å²) >= 11 is 7.39. The number of rotatable bonds is 4. The number of carboxylic acid groups (broad SMARTS) is 1. The molecule has 0 fully saturated rings. The van der Waals surface area contributed by atoms with Gasteiger partial charge in [-0.3, -0.25) is 0 Å². The van der Waals surface area contributed by atoms with Crippen molar-refractivity contribution in [3.63, 3.8) is 0 Å². The molecule has 0 saturated heterocycles. The number of hydrogen-bond donors (Lipinski definition) is 2. The summed E-state index contributed by atoms with van der Waals surface area (Å²) in [6, 6.07) is 3.48. The van der Waals surface area contributed by atoms with E-state index in [-0.39, 0.29) is 0 Å². The Kier molecular flexibility index (Phi) is 3.92. The highest BCUT2D eigenvalue weighted by molar-refractivity contribution is 7.18. The van der Waals surface area contributed by atoms with Crippen LogP contribution in [-0.2, 0) is 4.74 Å². The van der Waals surface area contributed by atoms with E-state index >= 15 is 0 Å². The monoisotopic (exact) mass is 298 g/mol. The number of benzene rings is 1. The van der Waals surface area contributed by atoms with E-state index in [1.54, 1.807) is 18.2 Å². The van der Waals surface area contributed by atoms with Crippen molar-refractivity contribution in [2.45, 2.75) is 12.5 Å². The number of nitrogen functional groups attached to an aromatic ring is 1. The third-order valence-electron chi connectivity index (χ3n) is 2.44. The highest BCUT2D eigenvalue weighted by Gasteiger charge is 2.20. The molecule has 1 aromatic carbocycles. The number of nitrogens with two attached hydrogens (primary N) is 1. The summed E-state index contributed by atoms with van der Waals surface area (Å²) in [4.78, 5) is 15.0. The molecule has 0 spiro atoms. The molecule has 0 amide bonds. The molecule has 5 nitrogen and oxygen atoms in total. The predicted octanol–water partition coefficient (Wildman–Crippen LogP) is 3.84. The number of ether oxygens (including phenoxy) is 1.